The van der Waals surface area contributed by atoms with Crippen molar-refractivity contribution >= 4 is 29.0 Å². The number of carbonyl (C=O) groups is 1. The topological polar surface area (TPSA) is 85.8 Å². The number of hydrogen-bond donors (Lipinski definition) is 2. The number of para-hydroxylation sites is 1. The van der Waals surface area contributed by atoms with Gasteiger partial charge in [0.25, 0.3) is 0 Å². The number of aryl methyl sites for hydroxylation is 2. The average molecular weight is 382 g/mol. The van der Waals surface area contributed by atoms with E-state index in [4.69, 9.17) is 5.73 Å². The van der Waals surface area contributed by atoms with Crippen LogP contribution in [0.4, 0.5) is 11.4 Å². The number of thioether (sulfide) groups is 1. The molecular weight excluding hydrogens is 358 g/mol. The summed E-state index contributed by atoms with van der Waals surface area (Å²) in [6.07, 6.45) is 0. The number of hydrogen-bond acceptors (Lipinski definition) is 5. The van der Waals surface area contributed by atoms with Crippen LogP contribution in [0.25, 0.3) is 11.4 Å². The summed E-state index contributed by atoms with van der Waals surface area (Å²) in [6, 6.07) is 13.5. The largest absolute Gasteiger partial charge is 0.398 e. The molecule has 140 valence electrons. The Morgan fingerprint density at radius 1 is 1.15 bits per heavy atom. The van der Waals surface area contributed by atoms with Crippen molar-refractivity contribution in [2.45, 2.75) is 32.5 Å². The van der Waals surface area contributed by atoms with Crippen molar-refractivity contribution in [1.29, 1.82) is 0 Å². The summed E-state index contributed by atoms with van der Waals surface area (Å²) in [5, 5.41) is 12.2. The number of nitrogens with zero attached hydrogens (tertiary/aromatic N) is 3. The molecule has 3 rings (SSSR count). The number of nitrogens with one attached hydrogen (secondary N) is 1. The first kappa shape index (κ1) is 19.0. The predicted molar refractivity (Wildman–Crippen MR) is 111 cm³/mol. The van der Waals surface area contributed by atoms with Crippen LogP contribution in [-0.4, -0.2) is 26.4 Å². The Bertz CT molecular complexity index is 967. The van der Waals surface area contributed by atoms with Gasteiger partial charge in [-0.05, 0) is 56.2 Å². The van der Waals surface area contributed by atoms with Gasteiger partial charge in [0.2, 0.25) is 5.91 Å². The molecule has 0 atom stereocenters. The van der Waals surface area contributed by atoms with E-state index in [0.29, 0.717) is 23.2 Å². The van der Waals surface area contributed by atoms with Crippen LogP contribution in [0.5, 0.6) is 0 Å². The fraction of sp³-hybridized carbons (Fsp3) is 0.250. The first-order valence-electron chi connectivity index (χ1n) is 8.77. The van der Waals surface area contributed by atoms with Gasteiger partial charge in [-0.1, -0.05) is 30.0 Å². The van der Waals surface area contributed by atoms with Gasteiger partial charge < -0.3 is 15.6 Å². The van der Waals surface area contributed by atoms with E-state index < -0.39 is 0 Å². The highest BCUT2D eigenvalue weighted by Crippen LogP contribution is 2.27. The van der Waals surface area contributed by atoms with Gasteiger partial charge >= 0.3 is 0 Å². The van der Waals surface area contributed by atoms with Gasteiger partial charge in [-0.25, -0.2) is 0 Å². The third-order valence-electron chi connectivity index (χ3n) is 4.36. The van der Waals surface area contributed by atoms with E-state index in [9.17, 15) is 4.79 Å². The van der Waals surface area contributed by atoms with E-state index in [1.807, 2.05) is 67.8 Å². The second-order valence-corrected chi connectivity index (χ2v) is 7.22. The fourth-order valence-corrected chi connectivity index (χ4v) is 3.53. The Balaban J connectivity index is 1.70. The van der Waals surface area contributed by atoms with Crippen LogP contribution in [0.2, 0.25) is 0 Å². The Kier molecular flexibility index (Phi) is 5.81. The zero-order valence-corrected chi connectivity index (χ0v) is 16.5. The molecule has 1 amide bonds. The zero-order valence-electron chi connectivity index (χ0n) is 15.7. The summed E-state index contributed by atoms with van der Waals surface area (Å²) in [5.41, 5.74) is 10.7. The molecule has 0 bridgehead atoms. The second-order valence-electron chi connectivity index (χ2n) is 6.27. The number of rotatable bonds is 6. The van der Waals surface area contributed by atoms with Gasteiger partial charge in [0.05, 0.1) is 5.75 Å². The van der Waals surface area contributed by atoms with Crippen LogP contribution in [0.1, 0.15) is 18.1 Å². The molecule has 6 nitrogen and oxygen atoms in total. The molecule has 0 spiro atoms. The highest BCUT2D eigenvalue weighted by Gasteiger charge is 2.16. The number of nitrogen functional groups attached to an aromatic ring is 1. The maximum Gasteiger partial charge on any atom is 0.234 e. The predicted octanol–water partition coefficient (Wildman–Crippen LogP) is 3.89. The van der Waals surface area contributed by atoms with E-state index in [-0.39, 0.29) is 11.7 Å². The van der Waals surface area contributed by atoms with Crippen LogP contribution in [-0.2, 0) is 11.3 Å². The highest BCUT2D eigenvalue weighted by molar-refractivity contribution is 7.99. The van der Waals surface area contributed by atoms with Gasteiger partial charge in [-0.3, -0.25) is 4.79 Å². The summed E-state index contributed by atoms with van der Waals surface area (Å²) >= 11 is 1.36. The van der Waals surface area contributed by atoms with Crippen LogP contribution in [0.3, 0.4) is 0 Å². The zero-order chi connectivity index (χ0) is 19.4. The lowest BCUT2D eigenvalue weighted by Gasteiger charge is -2.09. The molecule has 0 saturated carbocycles. The van der Waals surface area contributed by atoms with E-state index in [1.54, 1.807) is 0 Å². The number of amides is 1. The van der Waals surface area contributed by atoms with Crippen molar-refractivity contribution in [3.05, 3.63) is 53.6 Å². The monoisotopic (exact) mass is 381 g/mol. The molecule has 1 aromatic heterocycles. The highest BCUT2D eigenvalue weighted by atomic mass is 32.2. The molecule has 1 heterocycles. The number of anilines is 2. The first-order valence-corrected chi connectivity index (χ1v) is 9.76. The molecule has 3 aromatic rings. The molecule has 27 heavy (non-hydrogen) atoms. The van der Waals surface area contributed by atoms with Crippen molar-refractivity contribution in [1.82, 2.24) is 14.8 Å². The van der Waals surface area contributed by atoms with Crippen molar-refractivity contribution in [3.8, 4) is 11.4 Å². The smallest absolute Gasteiger partial charge is 0.234 e. The van der Waals surface area contributed by atoms with E-state index in [1.165, 1.54) is 17.3 Å². The lowest BCUT2D eigenvalue weighted by molar-refractivity contribution is -0.113. The maximum absolute atomic E-state index is 12.3. The van der Waals surface area contributed by atoms with Gasteiger partial charge in [-0.15, -0.1) is 10.2 Å². The summed E-state index contributed by atoms with van der Waals surface area (Å²) in [4.78, 5) is 12.3. The summed E-state index contributed by atoms with van der Waals surface area (Å²) in [7, 11) is 0. The molecule has 0 aliphatic carbocycles. The number of carbonyl (C=O) groups excluding carboxylic acids is 1. The normalized spacial score (nSPS) is 10.8. The van der Waals surface area contributed by atoms with E-state index in [0.717, 1.165) is 16.8 Å². The Labute approximate surface area is 163 Å². The molecule has 0 radical (unpaired) electrons. The first-order chi connectivity index (χ1) is 13.0. The van der Waals surface area contributed by atoms with Gasteiger partial charge in [-0.2, -0.15) is 0 Å². The molecule has 0 aliphatic heterocycles. The molecule has 3 N–H and O–H groups in total. The standard InChI is InChI=1S/C20H23N5OS/c1-4-25-19(16-7-5-6-8-17(16)21)23-24-20(25)27-12-18(26)22-15-10-9-13(2)14(3)11-15/h5-11H,4,12,21H2,1-3H3,(H,22,26). The Morgan fingerprint density at radius 3 is 2.63 bits per heavy atom. The minimum Gasteiger partial charge on any atom is -0.398 e. The third kappa shape index (κ3) is 4.31. The molecule has 0 aliphatic rings. The SMILES string of the molecule is CCn1c(SCC(=O)Nc2ccc(C)c(C)c2)nnc1-c1ccccc1N. The minimum atomic E-state index is -0.0744. The molecule has 0 unspecified atom stereocenters. The molecular formula is C20H23N5OS. The van der Waals surface area contributed by atoms with Crippen LogP contribution in [0.15, 0.2) is 47.6 Å². The Morgan fingerprint density at radius 2 is 1.93 bits per heavy atom. The van der Waals surface area contributed by atoms with Crippen molar-refractivity contribution in [2.75, 3.05) is 16.8 Å². The van der Waals surface area contributed by atoms with Crippen LogP contribution >= 0.6 is 11.8 Å². The van der Waals surface area contributed by atoms with Crippen molar-refractivity contribution in [2.24, 2.45) is 0 Å². The quantitative estimate of drug-likeness (QED) is 0.500. The lowest BCUT2D eigenvalue weighted by Crippen LogP contribution is -2.14. The molecule has 2 aromatic carbocycles. The van der Waals surface area contributed by atoms with Gasteiger partial charge in [0, 0.05) is 23.5 Å². The molecule has 0 fully saturated rings. The number of nitrogens with two attached hydrogens (primary N) is 1. The summed E-state index contributed by atoms with van der Waals surface area (Å²) in [5.74, 6) is 0.900. The molecule has 0 saturated heterocycles. The number of aromatic nitrogens is 3. The number of benzene rings is 2. The average Bonchev–Trinajstić information content (AvgIpc) is 3.06. The Hall–Kier alpha value is -2.80. The minimum absolute atomic E-state index is 0.0744. The van der Waals surface area contributed by atoms with Gasteiger partial charge in [0.15, 0.2) is 11.0 Å². The second kappa shape index (κ2) is 8.26. The van der Waals surface area contributed by atoms with Crippen LogP contribution in [0, 0.1) is 13.8 Å². The lowest BCUT2D eigenvalue weighted by atomic mass is 10.1. The van der Waals surface area contributed by atoms with E-state index in [2.05, 4.69) is 15.5 Å². The third-order valence-corrected chi connectivity index (χ3v) is 5.32. The van der Waals surface area contributed by atoms with Gasteiger partial charge in [0.1, 0.15) is 0 Å². The summed E-state index contributed by atoms with van der Waals surface area (Å²) in [6.45, 7) is 6.79. The summed E-state index contributed by atoms with van der Waals surface area (Å²) < 4.78 is 1.97. The molecule has 7 heteroatoms. The van der Waals surface area contributed by atoms with Crippen molar-refractivity contribution in [3.63, 3.8) is 0 Å². The maximum atomic E-state index is 12.3. The fourth-order valence-electron chi connectivity index (χ4n) is 2.73. The van der Waals surface area contributed by atoms with Crippen LogP contribution < -0.4 is 11.1 Å². The van der Waals surface area contributed by atoms with E-state index >= 15 is 0 Å². The van der Waals surface area contributed by atoms with Crippen molar-refractivity contribution < 1.29 is 4.79 Å².